The van der Waals surface area contributed by atoms with Crippen molar-refractivity contribution < 1.29 is 14.3 Å². The van der Waals surface area contributed by atoms with Crippen LogP contribution < -0.4 is 4.74 Å². The van der Waals surface area contributed by atoms with E-state index in [4.69, 9.17) is 9.47 Å². The van der Waals surface area contributed by atoms with Gasteiger partial charge in [-0.25, -0.2) is 4.79 Å². The van der Waals surface area contributed by atoms with Crippen molar-refractivity contribution >= 4 is 27.4 Å². The number of ether oxygens (including phenoxy) is 2. The van der Waals surface area contributed by atoms with E-state index in [-0.39, 0.29) is 5.97 Å². The van der Waals surface area contributed by atoms with Crippen molar-refractivity contribution in [2.45, 2.75) is 13.3 Å². The van der Waals surface area contributed by atoms with Gasteiger partial charge >= 0.3 is 5.97 Å². The monoisotopic (exact) mass is 327 g/mol. The van der Waals surface area contributed by atoms with E-state index in [9.17, 15) is 4.79 Å². The van der Waals surface area contributed by atoms with Gasteiger partial charge < -0.3 is 9.47 Å². The number of hydrogen-bond donors (Lipinski definition) is 0. The molecule has 0 amide bonds. The molecule has 1 aromatic carbocycles. The molecule has 5 heteroatoms. The second-order valence-corrected chi connectivity index (χ2v) is 5.93. The first-order valence-corrected chi connectivity index (χ1v) is 8.36. The van der Waals surface area contributed by atoms with E-state index in [1.807, 2.05) is 42.6 Å². The fourth-order valence-corrected chi connectivity index (χ4v) is 3.09. The number of carbonyl (C=O) groups excluding carboxylic acids is 1. The molecule has 4 nitrogen and oxygen atoms in total. The molecule has 0 fully saturated rings. The van der Waals surface area contributed by atoms with Gasteiger partial charge in [-0.3, -0.25) is 4.98 Å². The average molecular weight is 327 g/mol. The Morgan fingerprint density at radius 1 is 1.17 bits per heavy atom. The number of rotatable bonds is 6. The van der Waals surface area contributed by atoms with Crippen molar-refractivity contribution in [3.05, 3.63) is 59.2 Å². The van der Waals surface area contributed by atoms with Crippen molar-refractivity contribution in [3.8, 4) is 5.75 Å². The Balaban J connectivity index is 1.58. The molecule has 0 atom stereocenters. The predicted octanol–water partition coefficient (Wildman–Crippen LogP) is 4.09. The van der Waals surface area contributed by atoms with Crippen LogP contribution in [0, 0.1) is 0 Å². The lowest BCUT2D eigenvalue weighted by Gasteiger charge is -2.07. The molecule has 0 aliphatic rings. The summed E-state index contributed by atoms with van der Waals surface area (Å²) in [4.78, 5) is 16.3. The quantitative estimate of drug-likeness (QED) is 0.640. The highest BCUT2D eigenvalue weighted by Crippen LogP contribution is 2.23. The number of nitrogens with zero attached hydrogens (tertiary/aromatic N) is 1. The maximum absolute atomic E-state index is 12.2. The number of pyridine rings is 1. The zero-order valence-electron chi connectivity index (χ0n) is 12.8. The Labute approximate surface area is 138 Å². The van der Waals surface area contributed by atoms with Crippen molar-refractivity contribution in [1.29, 1.82) is 0 Å². The van der Waals surface area contributed by atoms with Crippen LogP contribution in [0.5, 0.6) is 5.75 Å². The SMILES string of the molecule is CCOc1ccc(CCOC(=O)c2cncc3sccc23)cc1. The van der Waals surface area contributed by atoms with E-state index < -0.39 is 0 Å². The third-order valence-corrected chi connectivity index (χ3v) is 4.31. The molecular formula is C18H17NO3S. The van der Waals surface area contributed by atoms with E-state index in [0.717, 1.165) is 21.4 Å². The predicted molar refractivity (Wildman–Crippen MR) is 91.2 cm³/mol. The average Bonchev–Trinajstić information content (AvgIpc) is 3.05. The van der Waals surface area contributed by atoms with Crippen molar-refractivity contribution in [1.82, 2.24) is 4.98 Å². The molecule has 0 spiro atoms. The summed E-state index contributed by atoms with van der Waals surface area (Å²) in [6.45, 7) is 2.95. The van der Waals surface area contributed by atoms with Crippen LogP contribution in [0.1, 0.15) is 22.8 Å². The molecular weight excluding hydrogens is 310 g/mol. The molecule has 23 heavy (non-hydrogen) atoms. The Hall–Kier alpha value is -2.40. The van der Waals surface area contributed by atoms with Crippen LogP contribution >= 0.6 is 11.3 Å². The smallest absolute Gasteiger partial charge is 0.340 e. The minimum absolute atomic E-state index is 0.326. The number of benzene rings is 1. The Kier molecular flexibility index (Phi) is 4.88. The first-order valence-electron chi connectivity index (χ1n) is 7.48. The number of fused-ring (bicyclic) bond motifs is 1. The molecule has 2 heterocycles. The number of aromatic nitrogens is 1. The lowest BCUT2D eigenvalue weighted by atomic mass is 10.1. The molecule has 0 radical (unpaired) electrons. The van der Waals surface area contributed by atoms with Crippen molar-refractivity contribution in [3.63, 3.8) is 0 Å². The maximum atomic E-state index is 12.2. The highest BCUT2D eigenvalue weighted by molar-refractivity contribution is 7.17. The Morgan fingerprint density at radius 2 is 2.00 bits per heavy atom. The van der Waals surface area contributed by atoms with Crippen LogP contribution in [0.15, 0.2) is 48.1 Å². The topological polar surface area (TPSA) is 48.4 Å². The van der Waals surface area contributed by atoms with Crippen molar-refractivity contribution in [2.24, 2.45) is 0 Å². The Morgan fingerprint density at radius 3 is 2.78 bits per heavy atom. The zero-order chi connectivity index (χ0) is 16.1. The maximum Gasteiger partial charge on any atom is 0.340 e. The van der Waals surface area contributed by atoms with Gasteiger partial charge in [0.25, 0.3) is 0 Å². The number of hydrogen-bond acceptors (Lipinski definition) is 5. The second-order valence-electron chi connectivity index (χ2n) is 4.98. The normalized spacial score (nSPS) is 10.7. The molecule has 0 bridgehead atoms. The molecule has 3 aromatic rings. The second kappa shape index (κ2) is 7.24. The van der Waals surface area contributed by atoms with Crippen LogP contribution in [0.3, 0.4) is 0 Å². The van der Waals surface area contributed by atoms with Crippen LogP contribution in [-0.4, -0.2) is 24.2 Å². The van der Waals surface area contributed by atoms with Gasteiger partial charge in [0.05, 0.1) is 23.5 Å². The van der Waals surface area contributed by atoms with E-state index in [1.165, 1.54) is 0 Å². The molecule has 2 aromatic heterocycles. The van der Waals surface area contributed by atoms with E-state index in [1.54, 1.807) is 23.7 Å². The third kappa shape index (κ3) is 3.68. The summed E-state index contributed by atoms with van der Waals surface area (Å²) in [7, 11) is 0. The molecule has 0 aliphatic heterocycles. The largest absolute Gasteiger partial charge is 0.494 e. The number of esters is 1. The van der Waals surface area contributed by atoms with Gasteiger partial charge in [-0.1, -0.05) is 12.1 Å². The summed E-state index contributed by atoms with van der Waals surface area (Å²) in [6.07, 6.45) is 4.00. The molecule has 0 N–H and O–H groups in total. The van der Waals surface area contributed by atoms with Crippen LogP contribution in [0.25, 0.3) is 10.1 Å². The van der Waals surface area contributed by atoms with Gasteiger partial charge in [-0.2, -0.15) is 0 Å². The van der Waals surface area contributed by atoms with E-state index >= 15 is 0 Å². The minimum Gasteiger partial charge on any atom is -0.494 e. The molecule has 0 saturated carbocycles. The van der Waals surface area contributed by atoms with E-state index in [2.05, 4.69) is 4.98 Å². The summed E-state index contributed by atoms with van der Waals surface area (Å²) in [5.74, 6) is 0.524. The van der Waals surface area contributed by atoms with Crippen LogP contribution in [-0.2, 0) is 11.2 Å². The van der Waals surface area contributed by atoms with Crippen molar-refractivity contribution in [2.75, 3.05) is 13.2 Å². The van der Waals surface area contributed by atoms with E-state index in [0.29, 0.717) is 25.2 Å². The van der Waals surface area contributed by atoms with Crippen LogP contribution in [0.2, 0.25) is 0 Å². The summed E-state index contributed by atoms with van der Waals surface area (Å²) >= 11 is 1.56. The van der Waals surface area contributed by atoms with Gasteiger partial charge in [0.1, 0.15) is 5.75 Å². The van der Waals surface area contributed by atoms with Gasteiger partial charge in [-0.05, 0) is 36.1 Å². The summed E-state index contributed by atoms with van der Waals surface area (Å²) in [6, 6.07) is 9.75. The molecule has 0 saturated heterocycles. The van der Waals surface area contributed by atoms with Gasteiger partial charge in [0, 0.05) is 24.2 Å². The standard InChI is InChI=1S/C18H17NO3S/c1-2-21-14-5-3-13(4-6-14)7-9-22-18(20)16-11-19-12-17-15(16)8-10-23-17/h3-6,8,10-12H,2,7,9H2,1H3. The number of thiophene rings is 1. The highest BCUT2D eigenvalue weighted by Gasteiger charge is 2.12. The fourth-order valence-electron chi connectivity index (χ4n) is 2.31. The summed E-state index contributed by atoms with van der Waals surface area (Å²) in [5, 5.41) is 2.85. The number of carbonyl (C=O) groups is 1. The lowest BCUT2D eigenvalue weighted by Crippen LogP contribution is -2.08. The minimum atomic E-state index is -0.326. The molecule has 118 valence electrons. The highest BCUT2D eigenvalue weighted by atomic mass is 32.1. The molecule has 0 aliphatic carbocycles. The fraction of sp³-hybridized carbons (Fsp3) is 0.222. The zero-order valence-corrected chi connectivity index (χ0v) is 13.6. The Bertz CT molecular complexity index is 795. The first kappa shape index (κ1) is 15.5. The van der Waals surface area contributed by atoms with Gasteiger partial charge in [-0.15, -0.1) is 11.3 Å². The summed E-state index contributed by atoms with van der Waals surface area (Å²) < 4.78 is 11.8. The van der Waals surface area contributed by atoms with Crippen LogP contribution in [0.4, 0.5) is 0 Å². The first-order chi connectivity index (χ1) is 11.3. The third-order valence-electron chi connectivity index (χ3n) is 3.46. The van der Waals surface area contributed by atoms with Gasteiger partial charge in [0.2, 0.25) is 0 Å². The van der Waals surface area contributed by atoms with Gasteiger partial charge in [0.15, 0.2) is 0 Å². The summed E-state index contributed by atoms with van der Waals surface area (Å²) in [5.41, 5.74) is 1.63. The lowest BCUT2D eigenvalue weighted by molar-refractivity contribution is 0.0511. The molecule has 0 unspecified atom stereocenters. The molecule has 3 rings (SSSR count).